The Morgan fingerprint density at radius 3 is 2.68 bits per heavy atom. The van der Waals surface area contributed by atoms with Gasteiger partial charge >= 0.3 is 0 Å². The summed E-state index contributed by atoms with van der Waals surface area (Å²) in [6.45, 7) is 4.69. The van der Waals surface area contributed by atoms with Crippen LogP contribution in [0.5, 0.6) is 0 Å². The Balaban J connectivity index is 2.13. The summed E-state index contributed by atoms with van der Waals surface area (Å²) in [4.78, 5) is 0. The van der Waals surface area contributed by atoms with Crippen LogP contribution in [0.15, 0.2) is 36.4 Å². The molecule has 2 rings (SSSR count). The largest absolute Gasteiger partial charge is 0.399 e. The summed E-state index contributed by atoms with van der Waals surface area (Å²) in [5.41, 5.74) is 11.7. The molecule has 0 bridgehead atoms. The van der Waals surface area contributed by atoms with Crippen LogP contribution in [0, 0.1) is 25.2 Å². The molecule has 19 heavy (non-hydrogen) atoms. The molecule has 2 aromatic rings. The van der Waals surface area contributed by atoms with Crippen molar-refractivity contribution in [1.29, 1.82) is 5.26 Å². The van der Waals surface area contributed by atoms with Gasteiger partial charge < -0.3 is 11.1 Å². The van der Waals surface area contributed by atoms with Crippen LogP contribution in [0.4, 0.5) is 11.4 Å². The molecule has 0 unspecified atom stereocenters. The maximum atomic E-state index is 8.90. The molecule has 0 saturated carbocycles. The van der Waals surface area contributed by atoms with E-state index in [0.29, 0.717) is 5.56 Å². The number of aryl methyl sites for hydroxylation is 1. The highest BCUT2D eigenvalue weighted by molar-refractivity contribution is 5.54. The molecule has 0 amide bonds. The SMILES string of the molecule is Cc1cc(NCc2cccc(N)c2C)ccc1C#N. The van der Waals surface area contributed by atoms with E-state index in [1.54, 1.807) is 0 Å². The molecule has 0 aliphatic rings. The Kier molecular flexibility index (Phi) is 3.72. The van der Waals surface area contributed by atoms with Crippen molar-refractivity contribution in [3.63, 3.8) is 0 Å². The highest BCUT2D eigenvalue weighted by Crippen LogP contribution is 2.19. The normalized spacial score (nSPS) is 9.95. The second-order valence-electron chi connectivity index (χ2n) is 4.63. The molecule has 0 aliphatic heterocycles. The van der Waals surface area contributed by atoms with Gasteiger partial charge in [-0.05, 0) is 54.8 Å². The van der Waals surface area contributed by atoms with E-state index >= 15 is 0 Å². The van der Waals surface area contributed by atoms with Gasteiger partial charge in [0.2, 0.25) is 0 Å². The molecule has 3 heteroatoms. The first-order valence-corrected chi connectivity index (χ1v) is 6.20. The van der Waals surface area contributed by atoms with E-state index in [2.05, 4.69) is 17.5 Å². The van der Waals surface area contributed by atoms with E-state index in [9.17, 15) is 0 Å². The molecule has 3 nitrogen and oxygen atoms in total. The Morgan fingerprint density at radius 1 is 1.21 bits per heavy atom. The Hall–Kier alpha value is -2.47. The van der Waals surface area contributed by atoms with E-state index in [4.69, 9.17) is 11.0 Å². The number of nitrogen functional groups attached to an aromatic ring is 1. The Labute approximate surface area is 113 Å². The fraction of sp³-hybridized carbons (Fsp3) is 0.188. The molecule has 0 aromatic heterocycles. The van der Waals surface area contributed by atoms with Gasteiger partial charge in [0.05, 0.1) is 11.6 Å². The lowest BCUT2D eigenvalue weighted by Crippen LogP contribution is -2.03. The van der Waals surface area contributed by atoms with Crippen LogP contribution >= 0.6 is 0 Å². The Morgan fingerprint density at radius 2 is 2.00 bits per heavy atom. The third-order valence-electron chi connectivity index (χ3n) is 3.32. The second-order valence-corrected chi connectivity index (χ2v) is 4.63. The van der Waals surface area contributed by atoms with E-state index in [1.807, 2.05) is 44.2 Å². The molecule has 0 atom stereocenters. The van der Waals surface area contributed by atoms with Crippen LogP contribution in [0.2, 0.25) is 0 Å². The van der Waals surface area contributed by atoms with Gasteiger partial charge in [-0.25, -0.2) is 0 Å². The van der Waals surface area contributed by atoms with Crippen molar-refractivity contribution in [3.05, 3.63) is 58.7 Å². The molecular weight excluding hydrogens is 234 g/mol. The van der Waals surface area contributed by atoms with Gasteiger partial charge in [-0.1, -0.05) is 12.1 Å². The van der Waals surface area contributed by atoms with Gasteiger partial charge in [-0.2, -0.15) is 5.26 Å². The average molecular weight is 251 g/mol. The first kappa shape index (κ1) is 13.0. The van der Waals surface area contributed by atoms with Crippen molar-refractivity contribution in [2.24, 2.45) is 0 Å². The monoisotopic (exact) mass is 251 g/mol. The maximum absolute atomic E-state index is 8.90. The molecule has 0 radical (unpaired) electrons. The first-order chi connectivity index (χ1) is 9.11. The fourth-order valence-corrected chi connectivity index (χ4v) is 1.99. The summed E-state index contributed by atoms with van der Waals surface area (Å²) in [6.07, 6.45) is 0. The highest BCUT2D eigenvalue weighted by atomic mass is 14.9. The van der Waals surface area contributed by atoms with Crippen LogP contribution in [-0.2, 0) is 6.54 Å². The van der Waals surface area contributed by atoms with Crippen LogP contribution in [0.3, 0.4) is 0 Å². The zero-order valence-corrected chi connectivity index (χ0v) is 11.2. The number of hydrogen-bond donors (Lipinski definition) is 2. The number of benzene rings is 2. The minimum absolute atomic E-state index is 0.714. The zero-order valence-electron chi connectivity index (χ0n) is 11.2. The van der Waals surface area contributed by atoms with Crippen molar-refractivity contribution in [3.8, 4) is 6.07 Å². The number of hydrogen-bond acceptors (Lipinski definition) is 3. The minimum atomic E-state index is 0.714. The molecule has 0 fully saturated rings. The van der Waals surface area contributed by atoms with E-state index in [1.165, 1.54) is 5.56 Å². The zero-order chi connectivity index (χ0) is 13.8. The van der Waals surface area contributed by atoms with Crippen molar-refractivity contribution >= 4 is 11.4 Å². The molecule has 0 aliphatic carbocycles. The van der Waals surface area contributed by atoms with E-state index in [-0.39, 0.29) is 0 Å². The van der Waals surface area contributed by atoms with Crippen molar-refractivity contribution in [2.45, 2.75) is 20.4 Å². The van der Waals surface area contributed by atoms with Gasteiger partial charge in [-0.15, -0.1) is 0 Å². The quantitative estimate of drug-likeness (QED) is 0.822. The second kappa shape index (κ2) is 5.45. The smallest absolute Gasteiger partial charge is 0.0994 e. The minimum Gasteiger partial charge on any atom is -0.399 e. The summed E-state index contributed by atoms with van der Waals surface area (Å²) in [7, 11) is 0. The summed E-state index contributed by atoms with van der Waals surface area (Å²) in [6, 6.07) is 13.8. The number of nitrogens with zero attached hydrogens (tertiary/aromatic N) is 1. The molecule has 2 aromatic carbocycles. The maximum Gasteiger partial charge on any atom is 0.0994 e. The molecule has 0 heterocycles. The third-order valence-corrected chi connectivity index (χ3v) is 3.32. The van der Waals surface area contributed by atoms with Gasteiger partial charge in [0.25, 0.3) is 0 Å². The van der Waals surface area contributed by atoms with E-state index in [0.717, 1.165) is 29.0 Å². The third kappa shape index (κ3) is 2.86. The fourth-order valence-electron chi connectivity index (χ4n) is 1.99. The van der Waals surface area contributed by atoms with Gasteiger partial charge in [-0.3, -0.25) is 0 Å². The molecule has 0 saturated heterocycles. The first-order valence-electron chi connectivity index (χ1n) is 6.20. The lowest BCUT2D eigenvalue weighted by molar-refractivity contribution is 1.12. The standard InChI is InChI=1S/C16H17N3/c1-11-8-15(7-6-13(11)9-17)19-10-14-4-3-5-16(18)12(14)2/h3-8,19H,10,18H2,1-2H3. The average Bonchev–Trinajstić information content (AvgIpc) is 2.40. The van der Waals surface area contributed by atoms with E-state index < -0.39 is 0 Å². The van der Waals surface area contributed by atoms with Crippen LogP contribution in [-0.4, -0.2) is 0 Å². The van der Waals surface area contributed by atoms with Gasteiger partial charge in [0.15, 0.2) is 0 Å². The summed E-state index contributed by atoms with van der Waals surface area (Å²) >= 11 is 0. The number of nitrogens with two attached hydrogens (primary N) is 1. The Bertz CT molecular complexity index is 639. The molecule has 3 N–H and O–H groups in total. The van der Waals surface area contributed by atoms with Crippen LogP contribution in [0.1, 0.15) is 22.3 Å². The number of rotatable bonds is 3. The lowest BCUT2D eigenvalue weighted by Gasteiger charge is -2.11. The topological polar surface area (TPSA) is 61.8 Å². The number of anilines is 2. The summed E-state index contributed by atoms with van der Waals surface area (Å²) in [5.74, 6) is 0. The predicted octanol–water partition coefficient (Wildman–Crippen LogP) is 3.37. The molecule has 96 valence electrons. The summed E-state index contributed by atoms with van der Waals surface area (Å²) in [5, 5.41) is 12.3. The molecular formula is C16H17N3. The number of nitriles is 1. The highest BCUT2D eigenvalue weighted by Gasteiger charge is 2.02. The molecule has 0 spiro atoms. The van der Waals surface area contributed by atoms with Crippen molar-refractivity contribution < 1.29 is 0 Å². The van der Waals surface area contributed by atoms with Crippen molar-refractivity contribution in [2.75, 3.05) is 11.1 Å². The van der Waals surface area contributed by atoms with Gasteiger partial charge in [0, 0.05) is 17.9 Å². The number of nitrogens with one attached hydrogen (secondary N) is 1. The van der Waals surface area contributed by atoms with Crippen molar-refractivity contribution in [1.82, 2.24) is 0 Å². The summed E-state index contributed by atoms with van der Waals surface area (Å²) < 4.78 is 0. The predicted molar refractivity (Wildman–Crippen MR) is 78.8 cm³/mol. The van der Waals surface area contributed by atoms with Crippen LogP contribution in [0.25, 0.3) is 0 Å². The lowest BCUT2D eigenvalue weighted by atomic mass is 10.1. The van der Waals surface area contributed by atoms with Gasteiger partial charge in [0.1, 0.15) is 0 Å². The van der Waals surface area contributed by atoms with Crippen LogP contribution < -0.4 is 11.1 Å².